The highest BCUT2D eigenvalue weighted by molar-refractivity contribution is 5.85. The SMILES string of the molecule is Cl.N[C@@H]1CCC[C@H](CNC2CCN(C(=O)OCc3ccccc3)CC2)C1. The molecule has 1 aliphatic carbocycles. The Morgan fingerprint density at radius 2 is 1.88 bits per heavy atom. The first kappa shape index (κ1) is 21.0. The number of hydrogen-bond acceptors (Lipinski definition) is 4. The van der Waals surface area contributed by atoms with Crippen LogP contribution in [0.15, 0.2) is 30.3 Å². The number of nitrogens with two attached hydrogens (primary N) is 1. The van der Waals surface area contributed by atoms with Gasteiger partial charge in [0.05, 0.1) is 0 Å². The van der Waals surface area contributed by atoms with E-state index in [4.69, 9.17) is 10.5 Å². The second-order valence-electron chi connectivity index (χ2n) is 7.50. The summed E-state index contributed by atoms with van der Waals surface area (Å²) < 4.78 is 5.42. The van der Waals surface area contributed by atoms with Gasteiger partial charge in [-0.25, -0.2) is 4.79 Å². The molecule has 26 heavy (non-hydrogen) atoms. The van der Waals surface area contributed by atoms with Gasteiger partial charge in [0, 0.05) is 25.2 Å². The number of nitrogens with one attached hydrogen (secondary N) is 1. The number of amides is 1. The fraction of sp³-hybridized carbons (Fsp3) is 0.650. The van der Waals surface area contributed by atoms with E-state index in [9.17, 15) is 4.79 Å². The van der Waals surface area contributed by atoms with E-state index < -0.39 is 0 Å². The molecule has 3 N–H and O–H groups in total. The Morgan fingerprint density at radius 1 is 1.15 bits per heavy atom. The second-order valence-corrected chi connectivity index (χ2v) is 7.50. The highest BCUT2D eigenvalue weighted by Crippen LogP contribution is 2.23. The molecule has 0 unspecified atom stereocenters. The van der Waals surface area contributed by atoms with Gasteiger partial charge in [-0.2, -0.15) is 0 Å². The summed E-state index contributed by atoms with van der Waals surface area (Å²) in [5.41, 5.74) is 7.10. The lowest BCUT2D eigenvalue weighted by atomic mass is 9.86. The Kier molecular flexibility index (Phi) is 8.69. The van der Waals surface area contributed by atoms with Gasteiger partial charge in [-0.3, -0.25) is 0 Å². The summed E-state index contributed by atoms with van der Waals surface area (Å²) in [6, 6.07) is 10.7. The number of ether oxygens (including phenoxy) is 1. The molecule has 2 fully saturated rings. The monoisotopic (exact) mass is 381 g/mol. The Hall–Kier alpha value is -1.30. The quantitative estimate of drug-likeness (QED) is 0.821. The Bertz CT molecular complexity index is 535. The molecule has 0 bridgehead atoms. The van der Waals surface area contributed by atoms with Crippen LogP contribution in [0.4, 0.5) is 4.79 Å². The third kappa shape index (κ3) is 6.45. The summed E-state index contributed by atoms with van der Waals surface area (Å²) in [6.07, 6.45) is 6.70. The fourth-order valence-corrected chi connectivity index (χ4v) is 3.93. The molecule has 3 rings (SSSR count). The van der Waals surface area contributed by atoms with Crippen LogP contribution in [0.2, 0.25) is 0 Å². The number of benzene rings is 1. The van der Waals surface area contributed by atoms with Crippen LogP contribution in [-0.2, 0) is 11.3 Å². The van der Waals surface area contributed by atoms with Crippen molar-refractivity contribution in [1.29, 1.82) is 0 Å². The number of likely N-dealkylation sites (tertiary alicyclic amines) is 1. The molecule has 146 valence electrons. The average Bonchev–Trinajstić information content (AvgIpc) is 2.66. The molecule has 1 aliphatic heterocycles. The number of nitrogens with zero attached hydrogens (tertiary/aromatic N) is 1. The van der Waals surface area contributed by atoms with E-state index in [-0.39, 0.29) is 18.5 Å². The number of carbonyl (C=O) groups excluding carboxylic acids is 1. The van der Waals surface area contributed by atoms with Gasteiger partial charge in [-0.05, 0) is 50.1 Å². The van der Waals surface area contributed by atoms with Crippen molar-refractivity contribution in [2.45, 2.75) is 57.2 Å². The maximum atomic E-state index is 12.2. The molecule has 2 aliphatic rings. The van der Waals surface area contributed by atoms with E-state index in [1.54, 1.807) is 0 Å². The number of rotatable bonds is 5. The van der Waals surface area contributed by atoms with Gasteiger partial charge >= 0.3 is 6.09 Å². The minimum Gasteiger partial charge on any atom is -0.445 e. The zero-order valence-corrected chi connectivity index (χ0v) is 16.3. The largest absolute Gasteiger partial charge is 0.445 e. The molecule has 6 heteroatoms. The average molecular weight is 382 g/mol. The summed E-state index contributed by atoms with van der Waals surface area (Å²) >= 11 is 0. The van der Waals surface area contributed by atoms with Crippen molar-refractivity contribution in [3.05, 3.63) is 35.9 Å². The number of hydrogen-bond donors (Lipinski definition) is 2. The third-order valence-corrected chi connectivity index (χ3v) is 5.48. The lowest BCUT2D eigenvalue weighted by Gasteiger charge is -2.34. The second kappa shape index (κ2) is 10.8. The minimum absolute atomic E-state index is 0. The van der Waals surface area contributed by atoms with Gasteiger partial charge in [-0.1, -0.05) is 36.8 Å². The summed E-state index contributed by atoms with van der Waals surface area (Å²) in [4.78, 5) is 14.0. The number of piperidine rings is 1. The first-order valence-electron chi connectivity index (χ1n) is 9.65. The Morgan fingerprint density at radius 3 is 2.58 bits per heavy atom. The first-order chi connectivity index (χ1) is 12.2. The van der Waals surface area contributed by atoms with E-state index in [2.05, 4.69) is 5.32 Å². The zero-order valence-electron chi connectivity index (χ0n) is 15.4. The topological polar surface area (TPSA) is 67.6 Å². The van der Waals surface area contributed by atoms with Gasteiger partial charge in [0.1, 0.15) is 6.61 Å². The molecule has 0 radical (unpaired) electrons. The van der Waals surface area contributed by atoms with E-state index >= 15 is 0 Å². The van der Waals surface area contributed by atoms with E-state index in [1.165, 1.54) is 19.3 Å². The summed E-state index contributed by atoms with van der Waals surface area (Å²) in [5.74, 6) is 0.720. The lowest BCUT2D eigenvalue weighted by Crippen LogP contribution is -2.46. The maximum Gasteiger partial charge on any atom is 0.410 e. The minimum atomic E-state index is -0.194. The molecule has 1 amide bonds. The van der Waals surface area contributed by atoms with Crippen molar-refractivity contribution in [3.63, 3.8) is 0 Å². The maximum absolute atomic E-state index is 12.2. The van der Waals surface area contributed by atoms with Gasteiger partial charge in [-0.15, -0.1) is 12.4 Å². The molecule has 1 saturated heterocycles. The standard InChI is InChI=1S/C20H31N3O2.ClH/c21-18-8-4-7-17(13-18)14-22-19-9-11-23(12-10-19)20(24)25-15-16-5-2-1-3-6-16;/h1-3,5-6,17-19,22H,4,7-15,21H2;1H/t17-,18+;/m0./s1. The van der Waals surface area contributed by atoms with Crippen LogP contribution in [0, 0.1) is 5.92 Å². The molecule has 1 aromatic rings. The molecule has 1 heterocycles. The van der Waals surface area contributed by atoms with E-state index in [0.29, 0.717) is 18.7 Å². The van der Waals surface area contributed by atoms with Gasteiger partial charge in [0.15, 0.2) is 0 Å². The van der Waals surface area contributed by atoms with Crippen LogP contribution >= 0.6 is 12.4 Å². The van der Waals surface area contributed by atoms with E-state index in [1.807, 2.05) is 35.2 Å². The predicted octanol–water partition coefficient (Wildman–Crippen LogP) is 3.32. The predicted molar refractivity (Wildman–Crippen MR) is 106 cm³/mol. The zero-order chi connectivity index (χ0) is 17.5. The lowest BCUT2D eigenvalue weighted by molar-refractivity contribution is 0.0848. The van der Waals surface area contributed by atoms with Gasteiger partial charge < -0.3 is 20.7 Å². The summed E-state index contributed by atoms with van der Waals surface area (Å²) in [7, 11) is 0. The van der Waals surface area contributed by atoms with Crippen LogP contribution < -0.4 is 11.1 Å². The van der Waals surface area contributed by atoms with Crippen molar-refractivity contribution in [3.8, 4) is 0 Å². The first-order valence-corrected chi connectivity index (χ1v) is 9.65. The molecule has 0 aromatic heterocycles. The van der Waals surface area contributed by atoms with Crippen LogP contribution in [0.25, 0.3) is 0 Å². The third-order valence-electron chi connectivity index (χ3n) is 5.48. The van der Waals surface area contributed by atoms with E-state index in [0.717, 1.165) is 50.4 Å². The molecule has 5 nitrogen and oxygen atoms in total. The van der Waals surface area contributed by atoms with Crippen molar-refractivity contribution < 1.29 is 9.53 Å². The fourth-order valence-electron chi connectivity index (χ4n) is 3.93. The van der Waals surface area contributed by atoms with Gasteiger partial charge in [0.25, 0.3) is 0 Å². The normalized spacial score (nSPS) is 24.0. The van der Waals surface area contributed by atoms with Crippen LogP contribution in [-0.4, -0.2) is 42.7 Å². The Balaban J connectivity index is 0.00000243. The molecular weight excluding hydrogens is 350 g/mol. The van der Waals surface area contributed by atoms with Crippen molar-refractivity contribution >= 4 is 18.5 Å². The summed E-state index contributed by atoms with van der Waals surface area (Å²) in [5, 5.41) is 3.69. The van der Waals surface area contributed by atoms with Crippen LogP contribution in [0.1, 0.15) is 44.1 Å². The van der Waals surface area contributed by atoms with Gasteiger partial charge in [0.2, 0.25) is 0 Å². The van der Waals surface area contributed by atoms with Crippen molar-refractivity contribution in [2.75, 3.05) is 19.6 Å². The summed E-state index contributed by atoms with van der Waals surface area (Å²) in [6.45, 7) is 2.96. The Labute approximate surface area is 163 Å². The molecular formula is C20H32ClN3O2. The molecule has 0 spiro atoms. The van der Waals surface area contributed by atoms with Crippen molar-refractivity contribution in [2.24, 2.45) is 11.7 Å². The number of halogens is 1. The highest BCUT2D eigenvalue weighted by Gasteiger charge is 2.25. The molecule has 2 atom stereocenters. The van der Waals surface area contributed by atoms with Crippen molar-refractivity contribution in [1.82, 2.24) is 10.2 Å². The number of carbonyl (C=O) groups is 1. The smallest absolute Gasteiger partial charge is 0.410 e. The van der Waals surface area contributed by atoms with Crippen LogP contribution in [0.3, 0.4) is 0 Å². The van der Waals surface area contributed by atoms with Crippen LogP contribution in [0.5, 0.6) is 0 Å². The molecule has 1 aromatic carbocycles. The molecule has 1 saturated carbocycles. The highest BCUT2D eigenvalue weighted by atomic mass is 35.5.